The highest BCUT2D eigenvalue weighted by Gasteiger charge is 2.25. The van der Waals surface area contributed by atoms with Crippen molar-refractivity contribution in [1.82, 2.24) is 0 Å². The van der Waals surface area contributed by atoms with Gasteiger partial charge in [0.2, 0.25) is 0 Å². The van der Waals surface area contributed by atoms with E-state index in [1.807, 2.05) is 0 Å². The highest BCUT2D eigenvalue weighted by atomic mass is 79.9. The maximum atomic E-state index is 3.74. The molecule has 0 fully saturated rings. The number of halogens is 2. The molecule has 0 aromatic heterocycles. The fourth-order valence-electron chi connectivity index (χ4n) is 1.86. The van der Waals surface area contributed by atoms with Crippen LogP contribution in [0.25, 0.3) is 0 Å². The molecule has 0 radical (unpaired) electrons. The highest BCUT2D eigenvalue weighted by molar-refractivity contribution is 9.11. The van der Waals surface area contributed by atoms with Gasteiger partial charge in [0.1, 0.15) is 0 Å². The molecule has 0 spiro atoms. The molecular weight excluding hydrogens is 340 g/mol. The van der Waals surface area contributed by atoms with E-state index in [9.17, 15) is 0 Å². The van der Waals surface area contributed by atoms with Gasteiger partial charge in [-0.3, -0.25) is 0 Å². The van der Waals surface area contributed by atoms with Gasteiger partial charge in [-0.05, 0) is 34.4 Å². The SMILES string of the molecule is Cc1c(Br)c(C(C)(C)C)cc(C(C)(C)C)c1Br. The first-order valence-electron chi connectivity index (χ1n) is 5.96. The molecular formula is C15H22Br2. The Kier molecular flexibility index (Phi) is 4.21. The first kappa shape index (κ1) is 15.2. The van der Waals surface area contributed by atoms with E-state index < -0.39 is 0 Å². The van der Waals surface area contributed by atoms with Gasteiger partial charge in [-0.1, -0.05) is 79.5 Å². The lowest BCUT2D eigenvalue weighted by Gasteiger charge is -2.29. The summed E-state index contributed by atoms with van der Waals surface area (Å²) in [5.41, 5.74) is 4.36. The molecule has 0 unspecified atom stereocenters. The van der Waals surface area contributed by atoms with Crippen LogP contribution in [0.3, 0.4) is 0 Å². The van der Waals surface area contributed by atoms with Crippen LogP contribution in [0.15, 0.2) is 15.0 Å². The minimum Gasteiger partial charge on any atom is -0.0560 e. The summed E-state index contributed by atoms with van der Waals surface area (Å²) in [6, 6.07) is 2.33. The quantitative estimate of drug-likeness (QED) is 0.522. The van der Waals surface area contributed by atoms with Crippen LogP contribution in [-0.4, -0.2) is 0 Å². The summed E-state index contributed by atoms with van der Waals surface area (Å²) in [5, 5.41) is 0. The number of rotatable bonds is 0. The predicted octanol–water partition coefficient (Wildman–Crippen LogP) is 6.12. The number of hydrogen-bond acceptors (Lipinski definition) is 0. The maximum absolute atomic E-state index is 3.74. The standard InChI is InChI=1S/C15H22Br2/c1-9-12(16)10(14(2,3)4)8-11(13(9)17)15(5,6)7/h8H,1-7H3. The van der Waals surface area contributed by atoms with Gasteiger partial charge in [0, 0.05) is 8.95 Å². The first-order valence-corrected chi connectivity index (χ1v) is 7.54. The molecule has 1 aromatic rings. The molecule has 17 heavy (non-hydrogen) atoms. The molecule has 0 heterocycles. The Morgan fingerprint density at radius 3 is 1.29 bits per heavy atom. The molecule has 0 bridgehead atoms. The lowest BCUT2D eigenvalue weighted by atomic mass is 9.79. The van der Waals surface area contributed by atoms with Gasteiger partial charge in [0.05, 0.1) is 0 Å². The molecule has 1 aromatic carbocycles. The van der Waals surface area contributed by atoms with Crippen molar-refractivity contribution >= 4 is 31.9 Å². The molecule has 2 heteroatoms. The van der Waals surface area contributed by atoms with E-state index >= 15 is 0 Å². The second-order valence-corrected chi connectivity index (χ2v) is 8.31. The molecule has 0 atom stereocenters. The van der Waals surface area contributed by atoms with Crippen molar-refractivity contribution in [2.24, 2.45) is 0 Å². The van der Waals surface area contributed by atoms with Crippen molar-refractivity contribution < 1.29 is 0 Å². The number of benzene rings is 1. The van der Waals surface area contributed by atoms with E-state index in [2.05, 4.69) is 86.4 Å². The van der Waals surface area contributed by atoms with Gasteiger partial charge in [0.15, 0.2) is 0 Å². The lowest BCUT2D eigenvalue weighted by Crippen LogP contribution is -2.18. The zero-order chi connectivity index (χ0) is 13.6. The van der Waals surface area contributed by atoms with Crippen LogP contribution in [-0.2, 0) is 10.8 Å². The van der Waals surface area contributed by atoms with Gasteiger partial charge in [0.25, 0.3) is 0 Å². The summed E-state index contributed by atoms with van der Waals surface area (Å²) in [6.45, 7) is 15.7. The summed E-state index contributed by atoms with van der Waals surface area (Å²) in [6.07, 6.45) is 0. The van der Waals surface area contributed by atoms with E-state index in [-0.39, 0.29) is 10.8 Å². The summed E-state index contributed by atoms with van der Waals surface area (Å²) in [5.74, 6) is 0. The summed E-state index contributed by atoms with van der Waals surface area (Å²) >= 11 is 7.48. The topological polar surface area (TPSA) is 0 Å². The Hall–Kier alpha value is 0.180. The zero-order valence-electron chi connectivity index (χ0n) is 11.8. The molecule has 0 saturated heterocycles. The Bertz CT molecular complexity index is 393. The van der Waals surface area contributed by atoms with Crippen LogP contribution in [0.1, 0.15) is 58.2 Å². The first-order chi connectivity index (χ1) is 7.46. The Balaban J connectivity index is 3.63. The fourth-order valence-corrected chi connectivity index (χ4v) is 3.94. The van der Waals surface area contributed by atoms with Crippen molar-refractivity contribution in [3.8, 4) is 0 Å². The zero-order valence-corrected chi connectivity index (χ0v) is 15.0. The lowest BCUT2D eigenvalue weighted by molar-refractivity contribution is 0.563. The van der Waals surface area contributed by atoms with Gasteiger partial charge >= 0.3 is 0 Å². The van der Waals surface area contributed by atoms with Crippen LogP contribution in [0.2, 0.25) is 0 Å². The normalized spacial score (nSPS) is 13.0. The molecule has 0 aliphatic carbocycles. The van der Waals surface area contributed by atoms with Gasteiger partial charge < -0.3 is 0 Å². The summed E-state index contributed by atoms with van der Waals surface area (Å²) in [4.78, 5) is 0. The van der Waals surface area contributed by atoms with Crippen LogP contribution in [0.5, 0.6) is 0 Å². The average molecular weight is 362 g/mol. The molecule has 0 nitrogen and oxygen atoms in total. The Morgan fingerprint density at radius 2 is 1.06 bits per heavy atom. The largest absolute Gasteiger partial charge is 0.0560 e. The molecule has 0 saturated carbocycles. The van der Waals surface area contributed by atoms with Crippen molar-refractivity contribution in [3.05, 3.63) is 31.7 Å². The van der Waals surface area contributed by atoms with E-state index in [0.717, 1.165) is 0 Å². The minimum atomic E-state index is 0.157. The van der Waals surface area contributed by atoms with Crippen molar-refractivity contribution in [2.45, 2.75) is 59.3 Å². The van der Waals surface area contributed by atoms with E-state index in [4.69, 9.17) is 0 Å². The average Bonchev–Trinajstić information content (AvgIpc) is 2.10. The fraction of sp³-hybridized carbons (Fsp3) is 0.600. The summed E-state index contributed by atoms with van der Waals surface area (Å²) < 4.78 is 2.45. The molecule has 0 amide bonds. The molecule has 96 valence electrons. The third kappa shape index (κ3) is 3.14. The van der Waals surface area contributed by atoms with Gasteiger partial charge in [-0.25, -0.2) is 0 Å². The molecule has 1 rings (SSSR count). The van der Waals surface area contributed by atoms with Crippen LogP contribution in [0.4, 0.5) is 0 Å². The highest BCUT2D eigenvalue weighted by Crippen LogP contribution is 2.41. The molecule has 0 aliphatic rings. The van der Waals surface area contributed by atoms with E-state index in [1.54, 1.807) is 0 Å². The Labute approximate surface area is 122 Å². The Morgan fingerprint density at radius 1 is 0.765 bits per heavy atom. The van der Waals surface area contributed by atoms with Crippen LogP contribution < -0.4 is 0 Å². The number of hydrogen-bond donors (Lipinski definition) is 0. The van der Waals surface area contributed by atoms with Gasteiger partial charge in [-0.2, -0.15) is 0 Å². The summed E-state index contributed by atoms with van der Waals surface area (Å²) in [7, 11) is 0. The second kappa shape index (κ2) is 4.70. The van der Waals surface area contributed by atoms with Crippen LogP contribution in [0, 0.1) is 6.92 Å². The van der Waals surface area contributed by atoms with Crippen molar-refractivity contribution in [1.29, 1.82) is 0 Å². The molecule has 0 N–H and O–H groups in total. The predicted molar refractivity (Wildman–Crippen MR) is 84.0 cm³/mol. The smallest absolute Gasteiger partial charge is 0.0253 e. The molecule has 0 aliphatic heterocycles. The van der Waals surface area contributed by atoms with E-state index in [0.29, 0.717) is 0 Å². The van der Waals surface area contributed by atoms with Crippen molar-refractivity contribution in [3.63, 3.8) is 0 Å². The van der Waals surface area contributed by atoms with Gasteiger partial charge in [-0.15, -0.1) is 0 Å². The van der Waals surface area contributed by atoms with Crippen LogP contribution >= 0.6 is 31.9 Å². The second-order valence-electron chi connectivity index (χ2n) is 6.72. The minimum absolute atomic E-state index is 0.157. The van der Waals surface area contributed by atoms with E-state index in [1.165, 1.54) is 25.6 Å². The maximum Gasteiger partial charge on any atom is 0.0253 e. The van der Waals surface area contributed by atoms with Crippen molar-refractivity contribution in [2.75, 3.05) is 0 Å². The monoisotopic (exact) mass is 360 g/mol. The third-order valence-corrected chi connectivity index (χ3v) is 5.08. The third-order valence-electron chi connectivity index (χ3n) is 3.04.